The van der Waals surface area contributed by atoms with Crippen LogP contribution < -0.4 is 10.2 Å². The van der Waals surface area contributed by atoms with Crippen LogP contribution in [0.25, 0.3) is 0 Å². The van der Waals surface area contributed by atoms with E-state index in [1.54, 1.807) is 17.1 Å². The van der Waals surface area contributed by atoms with Gasteiger partial charge in [-0.2, -0.15) is 5.10 Å². The minimum atomic E-state index is -0.196. The summed E-state index contributed by atoms with van der Waals surface area (Å²) in [5.41, 5.74) is 2.62. The number of aromatic nitrogens is 4. The average Bonchev–Trinajstić information content (AvgIpc) is 2.88. The van der Waals surface area contributed by atoms with Crippen LogP contribution in [0.15, 0.2) is 18.5 Å². The number of carbonyl (C=O) groups excluding carboxylic acids is 1. The number of nitrogens with zero attached hydrogens (tertiary/aromatic N) is 6. The number of hydrogen-bond donors (Lipinski definition) is 1. The highest BCUT2D eigenvalue weighted by Gasteiger charge is 2.27. The van der Waals surface area contributed by atoms with Crippen molar-refractivity contribution < 1.29 is 4.79 Å². The average molecular weight is 343 g/mol. The Morgan fingerprint density at radius 1 is 1.16 bits per heavy atom. The molecule has 1 amide bonds. The lowest BCUT2D eigenvalue weighted by Gasteiger charge is -2.37. The molecule has 1 atom stereocenters. The smallest absolute Gasteiger partial charge is 0.241 e. The lowest BCUT2D eigenvalue weighted by molar-refractivity contribution is -0.120. The second kappa shape index (κ2) is 7.18. The first-order valence-electron chi connectivity index (χ1n) is 8.54. The van der Waals surface area contributed by atoms with E-state index in [4.69, 9.17) is 0 Å². The van der Waals surface area contributed by atoms with E-state index in [1.807, 2.05) is 33.9 Å². The van der Waals surface area contributed by atoms with Crippen LogP contribution in [0.1, 0.15) is 18.3 Å². The predicted octanol–water partition coefficient (Wildman–Crippen LogP) is 0.976. The topological polar surface area (TPSA) is 79.2 Å². The quantitative estimate of drug-likeness (QED) is 0.891. The van der Waals surface area contributed by atoms with E-state index in [1.165, 1.54) is 0 Å². The molecule has 2 aromatic rings. The zero-order valence-electron chi connectivity index (χ0n) is 15.2. The number of carbonyl (C=O) groups is 1. The van der Waals surface area contributed by atoms with Crippen LogP contribution in [0.2, 0.25) is 0 Å². The summed E-state index contributed by atoms with van der Waals surface area (Å²) in [4.78, 5) is 25.6. The Bertz CT molecular complexity index is 735. The van der Waals surface area contributed by atoms with Gasteiger partial charge in [-0.05, 0) is 26.8 Å². The molecule has 0 aliphatic carbocycles. The van der Waals surface area contributed by atoms with Crippen molar-refractivity contribution >= 4 is 17.5 Å². The molecule has 2 aromatic heterocycles. The van der Waals surface area contributed by atoms with Crippen LogP contribution in [-0.2, 0) is 11.8 Å². The SMILES string of the molecule is Cc1nn(C)c(C)c1NC(=O)[C@H](C)N1CCN(c2ncccn2)CC1. The summed E-state index contributed by atoms with van der Waals surface area (Å²) in [5, 5.41) is 7.38. The van der Waals surface area contributed by atoms with Gasteiger partial charge in [0.25, 0.3) is 0 Å². The standard InChI is InChI=1S/C17H25N7O/c1-12-15(13(2)22(4)21-12)20-16(25)14(3)23-8-10-24(11-9-23)17-18-6-5-7-19-17/h5-7,14H,8-11H2,1-4H3,(H,20,25)/t14-/m0/s1. The first-order valence-corrected chi connectivity index (χ1v) is 8.54. The molecule has 0 radical (unpaired) electrons. The van der Waals surface area contributed by atoms with Crippen LogP contribution in [0.4, 0.5) is 11.6 Å². The highest BCUT2D eigenvalue weighted by Crippen LogP contribution is 2.19. The Kier molecular flexibility index (Phi) is 4.98. The fraction of sp³-hybridized carbons (Fsp3) is 0.529. The Hall–Kier alpha value is -2.48. The fourth-order valence-corrected chi connectivity index (χ4v) is 3.11. The van der Waals surface area contributed by atoms with Crippen molar-refractivity contribution in [1.29, 1.82) is 0 Å². The number of aryl methyl sites for hydroxylation is 2. The molecule has 1 saturated heterocycles. The zero-order chi connectivity index (χ0) is 18.0. The molecule has 1 aliphatic heterocycles. The molecule has 3 rings (SSSR count). The molecule has 0 saturated carbocycles. The van der Waals surface area contributed by atoms with Gasteiger partial charge in [0.2, 0.25) is 11.9 Å². The van der Waals surface area contributed by atoms with Gasteiger partial charge >= 0.3 is 0 Å². The van der Waals surface area contributed by atoms with Gasteiger partial charge in [-0.15, -0.1) is 0 Å². The molecular formula is C17H25N7O. The van der Waals surface area contributed by atoms with Gasteiger partial charge in [0.15, 0.2) is 0 Å². The number of anilines is 2. The molecule has 0 spiro atoms. The molecule has 8 nitrogen and oxygen atoms in total. The number of rotatable bonds is 4. The molecule has 0 unspecified atom stereocenters. The maximum atomic E-state index is 12.6. The van der Waals surface area contributed by atoms with E-state index in [0.29, 0.717) is 0 Å². The van der Waals surface area contributed by atoms with Crippen molar-refractivity contribution in [3.8, 4) is 0 Å². The summed E-state index contributed by atoms with van der Waals surface area (Å²) in [6, 6.07) is 1.62. The van der Waals surface area contributed by atoms with Gasteiger partial charge in [-0.3, -0.25) is 14.4 Å². The molecule has 1 fully saturated rings. The molecule has 3 heterocycles. The van der Waals surface area contributed by atoms with Crippen LogP contribution in [-0.4, -0.2) is 62.8 Å². The van der Waals surface area contributed by atoms with E-state index in [9.17, 15) is 4.79 Å². The van der Waals surface area contributed by atoms with Crippen molar-refractivity contribution in [3.63, 3.8) is 0 Å². The van der Waals surface area contributed by atoms with Gasteiger partial charge in [0.1, 0.15) is 0 Å². The molecule has 134 valence electrons. The maximum absolute atomic E-state index is 12.6. The Morgan fingerprint density at radius 3 is 2.36 bits per heavy atom. The first kappa shape index (κ1) is 17.3. The lowest BCUT2D eigenvalue weighted by atomic mass is 10.2. The highest BCUT2D eigenvalue weighted by molar-refractivity contribution is 5.95. The molecule has 1 N–H and O–H groups in total. The van der Waals surface area contributed by atoms with Gasteiger partial charge in [0, 0.05) is 45.6 Å². The van der Waals surface area contributed by atoms with Crippen LogP contribution >= 0.6 is 0 Å². The van der Waals surface area contributed by atoms with Gasteiger partial charge < -0.3 is 10.2 Å². The van der Waals surface area contributed by atoms with Crippen molar-refractivity contribution in [2.24, 2.45) is 7.05 Å². The molecule has 0 bridgehead atoms. The van der Waals surface area contributed by atoms with E-state index in [0.717, 1.165) is 49.2 Å². The second-order valence-electron chi connectivity index (χ2n) is 6.41. The number of piperazine rings is 1. The minimum Gasteiger partial charge on any atom is -0.338 e. The third kappa shape index (κ3) is 3.63. The van der Waals surface area contributed by atoms with Crippen LogP contribution in [0.5, 0.6) is 0 Å². The molecular weight excluding hydrogens is 318 g/mol. The summed E-state index contributed by atoms with van der Waals surface area (Å²) in [6.07, 6.45) is 3.51. The van der Waals surface area contributed by atoms with Gasteiger partial charge in [-0.25, -0.2) is 9.97 Å². The van der Waals surface area contributed by atoms with E-state index < -0.39 is 0 Å². The Labute approximate surface area is 147 Å². The summed E-state index contributed by atoms with van der Waals surface area (Å²) >= 11 is 0. The number of nitrogens with one attached hydrogen (secondary N) is 1. The van der Waals surface area contributed by atoms with Crippen molar-refractivity contribution in [2.45, 2.75) is 26.8 Å². The zero-order valence-corrected chi connectivity index (χ0v) is 15.2. The number of amides is 1. The van der Waals surface area contributed by atoms with Crippen molar-refractivity contribution in [3.05, 3.63) is 29.8 Å². The third-order valence-corrected chi connectivity index (χ3v) is 4.83. The molecule has 0 aromatic carbocycles. The molecule has 1 aliphatic rings. The number of hydrogen-bond acceptors (Lipinski definition) is 6. The van der Waals surface area contributed by atoms with Crippen LogP contribution in [0, 0.1) is 13.8 Å². The van der Waals surface area contributed by atoms with Gasteiger partial charge in [0.05, 0.1) is 23.1 Å². The van der Waals surface area contributed by atoms with E-state index in [2.05, 4.69) is 30.2 Å². The largest absolute Gasteiger partial charge is 0.338 e. The Morgan fingerprint density at radius 2 is 1.80 bits per heavy atom. The normalized spacial score (nSPS) is 16.7. The summed E-state index contributed by atoms with van der Waals surface area (Å²) < 4.78 is 1.79. The van der Waals surface area contributed by atoms with Crippen molar-refractivity contribution in [2.75, 3.05) is 36.4 Å². The minimum absolute atomic E-state index is 0.00334. The van der Waals surface area contributed by atoms with Crippen molar-refractivity contribution in [1.82, 2.24) is 24.6 Å². The predicted molar refractivity (Wildman–Crippen MR) is 96.6 cm³/mol. The summed E-state index contributed by atoms with van der Waals surface area (Å²) in [6.45, 7) is 9.05. The Balaban J connectivity index is 1.58. The fourth-order valence-electron chi connectivity index (χ4n) is 3.11. The van der Waals surface area contributed by atoms with Gasteiger partial charge in [-0.1, -0.05) is 0 Å². The maximum Gasteiger partial charge on any atom is 0.241 e. The van der Waals surface area contributed by atoms with Crippen LogP contribution in [0.3, 0.4) is 0 Å². The molecule has 8 heteroatoms. The van der Waals surface area contributed by atoms with E-state index in [-0.39, 0.29) is 11.9 Å². The highest BCUT2D eigenvalue weighted by atomic mass is 16.2. The summed E-state index contributed by atoms with van der Waals surface area (Å²) in [5.74, 6) is 0.754. The lowest BCUT2D eigenvalue weighted by Crippen LogP contribution is -2.53. The summed E-state index contributed by atoms with van der Waals surface area (Å²) in [7, 11) is 1.88. The first-order chi connectivity index (χ1) is 12.0. The molecule has 25 heavy (non-hydrogen) atoms. The monoisotopic (exact) mass is 343 g/mol. The second-order valence-corrected chi connectivity index (χ2v) is 6.41. The van der Waals surface area contributed by atoms with E-state index >= 15 is 0 Å². The third-order valence-electron chi connectivity index (χ3n) is 4.83.